The van der Waals surface area contributed by atoms with Gasteiger partial charge in [0, 0.05) is 6.61 Å². The number of hydrogen-bond donors (Lipinski definition) is 1. The lowest BCUT2D eigenvalue weighted by Gasteiger charge is -2.37. The third-order valence-corrected chi connectivity index (χ3v) is 8.40. The van der Waals surface area contributed by atoms with Crippen LogP contribution in [0.3, 0.4) is 0 Å². The Hall–Kier alpha value is -0.493. The zero-order valence-electron chi connectivity index (χ0n) is 12.0. The Morgan fingerprint density at radius 1 is 1.28 bits per heavy atom. The fraction of sp³-hybridized carbons (Fsp3) is 0.917. The molecule has 0 amide bonds. The maximum Gasteiger partial charge on any atom is 0.315 e. The fourth-order valence-corrected chi connectivity index (χ4v) is 2.09. The zero-order chi connectivity index (χ0) is 14.8. The number of alkyl halides is 2. The van der Waals surface area contributed by atoms with Gasteiger partial charge in [0.05, 0.1) is 0 Å². The van der Waals surface area contributed by atoms with E-state index in [0.29, 0.717) is 0 Å². The maximum absolute atomic E-state index is 12.8. The second-order valence-corrected chi connectivity index (χ2v) is 11.2. The van der Waals surface area contributed by atoms with E-state index >= 15 is 0 Å². The Labute approximate surface area is 109 Å². The Morgan fingerprint density at radius 3 is 2.00 bits per heavy atom. The molecule has 1 unspecified atom stereocenters. The van der Waals surface area contributed by atoms with Gasteiger partial charge in [0.2, 0.25) is 0 Å². The highest BCUT2D eigenvalue weighted by Gasteiger charge is 2.44. The summed E-state index contributed by atoms with van der Waals surface area (Å²) in [4.78, 5) is 10.9. The van der Waals surface area contributed by atoms with Crippen LogP contribution in [0.2, 0.25) is 18.1 Å². The monoisotopic (exact) mass is 282 g/mol. The summed E-state index contributed by atoms with van der Waals surface area (Å²) in [7, 11) is -2.01. The van der Waals surface area contributed by atoms with Crippen LogP contribution in [0.5, 0.6) is 0 Å². The molecule has 6 heteroatoms. The molecule has 0 saturated carbocycles. The highest BCUT2D eigenvalue weighted by Crippen LogP contribution is 2.37. The number of hydrogen-bond acceptors (Lipinski definition) is 2. The van der Waals surface area contributed by atoms with Gasteiger partial charge in [-0.3, -0.25) is 4.79 Å². The van der Waals surface area contributed by atoms with Gasteiger partial charge in [0.15, 0.2) is 8.32 Å². The summed E-state index contributed by atoms with van der Waals surface area (Å²) in [5, 5.41) is 8.85. The summed E-state index contributed by atoms with van der Waals surface area (Å²) in [5.74, 6) is -1.48. The number of carbonyl (C=O) groups is 1. The van der Waals surface area contributed by atoms with Crippen molar-refractivity contribution in [2.75, 3.05) is 6.61 Å². The van der Waals surface area contributed by atoms with Crippen molar-refractivity contribution in [1.29, 1.82) is 0 Å². The van der Waals surface area contributed by atoms with Crippen molar-refractivity contribution in [3.63, 3.8) is 0 Å². The molecule has 1 atom stereocenters. The molecule has 1 N–H and O–H groups in total. The summed E-state index contributed by atoms with van der Waals surface area (Å²) < 4.78 is 31.3. The van der Waals surface area contributed by atoms with E-state index in [-0.39, 0.29) is 18.1 Å². The van der Waals surface area contributed by atoms with E-state index in [1.54, 1.807) is 0 Å². The van der Waals surface area contributed by atoms with Crippen molar-refractivity contribution >= 4 is 14.3 Å². The highest BCUT2D eigenvalue weighted by molar-refractivity contribution is 6.74. The molecule has 3 nitrogen and oxygen atoms in total. The molecule has 0 aliphatic carbocycles. The molecular formula is C12H24F2O3Si. The number of aliphatic carboxylic acids is 1. The van der Waals surface area contributed by atoms with E-state index in [2.05, 4.69) is 0 Å². The topological polar surface area (TPSA) is 46.5 Å². The van der Waals surface area contributed by atoms with Crippen LogP contribution in [0.15, 0.2) is 0 Å². The molecule has 0 rings (SSSR count). The second kappa shape index (κ2) is 5.65. The Morgan fingerprint density at radius 2 is 1.72 bits per heavy atom. The van der Waals surface area contributed by atoms with Crippen molar-refractivity contribution in [1.82, 2.24) is 0 Å². The first-order valence-corrected chi connectivity index (χ1v) is 8.91. The lowest BCUT2D eigenvalue weighted by molar-refractivity contribution is -0.159. The van der Waals surface area contributed by atoms with E-state index in [0.717, 1.165) is 6.92 Å². The molecule has 0 fully saturated rings. The van der Waals surface area contributed by atoms with Gasteiger partial charge in [-0.05, 0) is 31.5 Å². The quantitative estimate of drug-likeness (QED) is 0.755. The van der Waals surface area contributed by atoms with Crippen LogP contribution in [0.1, 0.15) is 34.1 Å². The molecule has 0 aliphatic rings. The standard InChI is InChI=1S/C12H24F2O3Si/c1-11(2,3)18(5,6)17-8-7-12(4,9(13)14)10(15)16/h9H,7-8H2,1-6H3,(H,15,16). The van der Waals surface area contributed by atoms with E-state index in [1.807, 2.05) is 33.9 Å². The average Bonchev–Trinajstić information content (AvgIpc) is 2.14. The predicted octanol–water partition coefficient (Wildman–Crippen LogP) is 3.75. The smallest absolute Gasteiger partial charge is 0.315 e. The minimum atomic E-state index is -2.89. The second-order valence-electron chi connectivity index (χ2n) is 6.38. The number of halogens is 2. The summed E-state index contributed by atoms with van der Waals surface area (Å²) >= 11 is 0. The normalized spacial score (nSPS) is 16.7. The molecule has 0 aromatic carbocycles. The van der Waals surface area contributed by atoms with Gasteiger partial charge in [-0.2, -0.15) is 0 Å². The molecule has 0 spiro atoms. The van der Waals surface area contributed by atoms with Crippen LogP contribution in [-0.4, -0.2) is 32.4 Å². The van der Waals surface area contributed by atoms with Crippen LogP contribution in [0.25, 0.3) is 0 Å². The number of carboxylic acid groups (broad SMARTS) is 1. The SMILES string of the molecule is CC(CCO[Si](C)(C)C(C)(C)C)(C(=O)O)C(F)F. The predicted molar refractivity (Wildman–Crippen MR) is 69.5 cm³/mol. The van der Waals surface area contributed by atoms with E-state index in [1.165, 1.54) is 0 Å². The van der Waals surface area contributed by atoms with Crippen LogP contribution in [0, 0.1) is 5.41 Å². The summed E-state index contributed by atoms with van der Waals surface area (Å²) in [6.45, 7) is 11.3. The molecule has 0 aromatic rings. The van der Waals surface area contributed by atoms with Crippen LogP contribution < -0.4 is 0 Å². The van der Waals surface area contributed by atoms with Gasteiger partial charge in [-0.1, -0.05) is 20.8 Å². The number of carboxylic acids is 1. The van der Waals surface area contributed by atoms with Crippen LogP contribution >= 0.6 is 0 Å². The molecule has 0 radical (unpaired) electrons. The van der Waals surface area contributed by atoms with Gasteiger partial charge in [0.25, 0.3) is 6.43 Å². The molecule has 0 heterocycles. The Kier molecular flexibility index (Phi) is 5.49. The van der Waals surface area contributed by atoms with Crippen LogP contribution in [-0.2, 0) is 9.22 Å². The van der Waals surface area contributed by atoms with Gasteiger partial charge in [-0.15, -0.1) is 0 Å². The lowest BCUT2D eigenvalue weighted by atomic mass is 9.88. The average molecular weight is 282 g/mol. The summed E-state index contributed by atoms with van der Waals surface area (Å²) in [6.07, 6.45) is -3.06. The van der Waals surface area contributed by atoms with Gasteiger partial charge >= 0.3 is 5.97 Å². The first-order valence-electron chi connectivity index (χ1n) is 6.00. The van der Waals surface area contributed by atoms with Gasteiger partial charge < -0.3 is 9.53 Å². The first-order chi connectivity index (χ1) is 7.84. The Bertz CT molecular complexity index is 300. The number of rotatable bonds is 6. The van der Waals surface area contributed by atoms with Crippen molar-refractivity contribution in [2.24, 2.45) is 5.41 Å². The Balaban J connectivity index is 4.56. The third kappa shape index (κ3) is 4.02. The molecule has 0 aliphatic heterocycles. The van der Waals surface area contributed by atoms with Crippen molar-refractivity contribution in [2.45, 2.75) is 58.7 Å². The van der Waals surface area contributed by atoms with E-state index < -0.39 is 26.1 Å². The van der Waals surface area contributed by atoms with E-state index in [4.69, 9.17) is 9.53 Å². The summed E-state index contributed by atoms with van der Waals surface area (Å²) in [6, 6.07) is 0. The van der Waals surface area contributed by atoms with Crippen LogP contribution in [0.4, 0.5) is 8.78 Å². The van der Waals surface area contributed by atoms with Crippen molar-refractivity contribution in [3.05, 3.63) is 0 Å². The van der Waals surface area contributed by atoms with Crippen molar-refractivity contribution in [3.8, 4) is 0 Å². The molecule has 0 aromatic heterocycles. The maximum atomic E-state index is 12.8. The zero-order valence-corrected chi connectivity index (χ0v) is 13.0. The third-order valence-electron chi connectivity index (χ3n) is 3.86. The molecule has 0 bridgehead atoms. The summed E-state index contributed by atoms with van der Waals surface area (Å²) in [5.41, 5.74) is -2.03. The molecule has 18 heavy (non-hydrogen) atoms. The van der Waals surface area contributed by atoms with Gasteiger partial charge in [-0.25, -0.2) is 8.78 Å². The van der Waals surface area contributed by atoms with E-state index in [9.17, 15) is 13.6 Å². The first kappa shape index (κ1) is 17.5. The molecular weight excluding hydrogens is 258 g/mol. The fourth-order valence-electron chi connectivity index (χ4n) is 1.04. The van der Waals surface area contributed by atoms with Gasteiger partial charge in [0.1, 0.15) is 5.41 Å². The van der Waals surface area contributed by atoms with Crippen molar-refractivity contribution < 1.29 is 23.1 Å². The minimum Gasteiger partial charge on any atom is -0.481 e. The highest BCUT2D eigenvalue weighted by atomic mass is 28.4. The lowest BCUT2D eigenvalue weighted by Crippen LogP contribution is -2.43. The largest absolute Gasteiger partial charge is 0.481 e. The molecule has 108 valence electrons. The minimum absolute atomic E-state index is 0.0164. The molecule has 0 saturated heterocycles.